The number of rotatable bonds is 4. The largest absolute Gasteiger partial charge is 0.416 e. The number of benzene rings is 1. The second-order valence-electron chi connectivity index (χ2n) is 6.69. The second-order valence-corrected chi connectivity index (χ2v) is 6.69. The molecular formula is C20H22F3N3O2. The number of fused-ring (bicyclic) bond motifs is 2. The number of nitrogens with zero attached hydrogens (tertiary/aromatic N) is 2. The van der Waals surface area contributed by atoms with Crippen molar-refractivity contribution in [3.63, 3.8) is 0 Å². The Bertz CT molecular complexity index is 817. The number of aliphatic hydroxyl groups is 1. The SMILES string of the molecule is C=C1/C(=C\C=C\c2cccc(C(F)(F)F)c2)N2CC[C@@H](C2)N1C(=O)NCCO. The number of hydrogen-bond donors (Lipinski definition) is 2. The normalized spacial score (nSPS) is 21.1. The number of urea groups is 1. The first-order chi connectivity index (χ1) is 13.3. The lowest BCUT2D eigenvalue weighted by Gasteiger charge is -2.38. The molecule has 0 unspecified atom stereocenters. The van der Waals surface area contributed by atoms with Gasteiger partial charge in [-0.25, -0.2) is 4.79 Å². The fourth-order valence-electron chi connectivity index (χ4n) is 3.50. The van der Waals surface area contributed by atoms with E-state index in [1.165, 1.54) is 6.07 Å². The highest BCUT2D eigenvalue weighted by molar-refractivity contribution is 5.78. The Hall–Kier alpha value is -2.74. The van der Waals surface area contributed by atoms with Gasteiger partial charge in [0, 0.05) is 19.6 Å². The second kappa shape index (κ2) is 8.10. The van der Waals surface area contributed by atoms with Crippen LogP contribution in [0.3, 0.4) is 0 Å². The first kappa shape index (κ1) is 20.0. The van der Waals surface area contributed by atoms with E-state index in [-0.39, 0.29) is 25.2 Å². The van der Waals surface area contributed by atoms with Gasteiger partial charge in [-0.3, -0.25) is 4.90 Å². The fraction of sp³-hybridized carbons (Fsp3) is 0.350. The number of amides is 2. The average molecular weight is 393 g/mol. The molecule has 1 aromatic rings. The summed E-state index contributed by atoms with van der Waals surface area (Å²) in [7, 11) is 0. The predicted octanol–water partition coefficient (Wildman–Crippen LogP) is 3.21. The molecule has 0 saturated carbocycles. The van der Waals surface area contributed by atoms with Gasteiger partial charge in [0.2, 0.25) is 0 Å². The van der Waals surface area contributed by atoms with E-state index >= 15 is 0 Å². The minimum absolute atomic E-state index is 0.0239. The van der Waals surface area contributed by atoms with Crippen LogP contribution in [0, 0.1) is 0 Å². The quantitative estimate of drug-likeness (QED) is 0.826. The first-order valence-electron chi connectivity index (χ1n) is 8.99. The van der Waals surface area contributed by atoms with Gasteiger partial charge in [-0.2, -0.15) is 13.2 Å². The number of halogens is 3. The summed E-state index contributed by atoms with van der Waals surface area (Å²) in [6.07, 6.45) is 1.44. The third-order valence-electron chi connectivity index (χ3n) is 4.82. The third-order valence-corrected chi connectivity index (χ3v) is 4.82. The first-order valence-corrected chi connectivity index (χ1v) is 8.99. The summed E-state index contributed by atoms with van der Waals surface area (Å²) < 4.78 is 38.5. The number of aliphatic hydroxyl groups excluding tert-OH is 1. The lowest BCUT2D eigenvalue weighted by Crippen LogP contribution is -2.50. The Kier molecular flexibility index (Phi) is 5.79. The van der Waals surface area contributed by atoms with Crippen LogP contribution < -0.4 is 5.32 Å². The Morgan fingerprint density at radius 1 is 1.39 bits per heavy atom. The van der Waals surface area contributed by atoms with Crippen molar-refractivity contribution in [2.75, 3.05) is 26.2 Å². The lowest BCUT2D eigenvalue weighted by atomic mass is 10.1. The van der Waals surface area contributed by atoms with Crippen LogP contribution in [0.4, 0.5) is 18.0 Å². The van der Waals surface area contributed by atoms with E-state index in [0.29, 0.717) is 17.8 Å². The Morgan fingerprint density at radius 2 is 2.18 bits per heavy atom. The molecular weight excluding hydrogens is 371 g/mol. The molecule has 2 aliphatic rings. The maximum absolute atomic E-state index is 12.8. The molecule has 2 N–H and O–H groups in total. The van der Waals surface area contributed by atoms with Crippen molar-refractivity contribution >= 4 is 12.1 Å². The van der Waals surface area contributed by atoms with Gasteiger partial charge in [-0.1, -0.05) is 30.9 Å². The maximum Gasteiger partial charge on any atom is 0.416 e. The summed E-state index contributed by atoms with van der Waals surface area (Å²) in [6, 6.07) is 4.81. The molecule has 2 fully saturated rings. The summed E-state index contributed by atoms with van der Waals surface area (Å²) in [4.78, 5) is 16.1. The van der Waals surface area contributed by atoms with Crippen molar-refractivity contribution in [1.29, 1.82) is 0 Å². The standard InChI is InChI=1S/C20H22F3N3O2/c1-14-18(7-3-5-15-4-2-6-16(12-15)20(21,22)23)25-10-8-17(13-25)26(14)19(28)24-9-11-27/h2-7,12,17,27H,1,8-11,13H2,(H,24,28)/b5-3+,18-7+/t17-/m0/s1. The Balaban J connectivity index is 1.78. The van der Waals surface area contributed by atoms with Crippen molar-refractivity contribution in [1.82, 2.24) is 15.1 Å². The molecule has 2 heterocycles. The number of nitrogens with one attached hydrogen (secondary N) is 1. The average Bonchev–Trinajstić information content (AvgIpc) is 3.07. The minimum Gasteiger partial charge on any atom is -0.395 e. The number of alkyl halides is 3. The third kappa shape index (κ3) is 4.22. The summed E-state index contributed by atoms with van der Waals surface area (Å²) in [5.41, 5.74) is 1.04. The molecule has 2 aliphatic heterocycles. The number of carbonyl (C=O) groups is 1. The van der Waals surface area contributed by atoms with Gasteiger partial charge in [0.15, 0.2) is 0 Å². The molecule has 0 radical (unpaired) electrons. The van der Waals surface area contributed by atoms with E-state index in [9.17, 15) is 18.0 Å². The van der Waals surface area contributed by atoms with Gasteiger partial charge in [0.25, 0.3) is 0 Å². The van der Waals surface area contributed by atoms with E-state index in [0.717, 1.165) is 30.8 Å². The zero-order valence-electron chi connectivity index (χ0n) is 15.2. The van der Waals surface area contributed by atoms with Crippen LogP contribution in [-0.2, 0) is 6.18 Å². The van der Waals surface area contributed by atoms with Gasteiger partial charge in [-0.15, -0.1) is 0 Å². The smallest absolute Gasteiger partial charge is 0.395 e. The van der Waals surface area contributed by atoms with Crippen molar-refractivity contribution in [2.24, 2.45) is 0 Å². The molecule has 5 nitrogen and oxygen atoms in total. The van der Waals surface area contributed by atoms with Crippen LogP contribution in [0.5, 0.6) is 0 Å². The van der Waals surface area contributed by atoms with Crippen LogP contribution in [0.15, 0.2) is 54.4 Å². The van der Waals surface area contributed by atoms with Crippen molar-refractivity contribution in [3.8, 4) is 0 Å². The number of allylic oxidation sites excluding steroid dienone is 2. The van der Waals surface area contributed by atoms with E-state index in [1.54, 1.807) is 29.2 Å². The molecule has 2 amide bonds. The fourth-order valence-corrected chi connectivity index (χ4v) is 3.50. The molecule has 8 heteroatoms. The monoisotopic (exact) mass is 393 g/mol. The van der Waals surface area contributed by atoms with Crippen LogP contribution >= 0.6 is 0 Å². The van der Waals surface area contributed by atoms with Crippen LogP contribution in [0.1, 0.15) is 17.5 Å². The van der Waals surface area contributed by atoms with E-state index in [2.05, 4.69) is 16.8 Å². The maximum atomic E-state index is 12.8. The summed E-state index contributed by atoms with van der Waals surface area (Å²) in [6.45, 7) is 5.49. The van der Waals surface area contributed by atoms with Crippen LogP contribution in [-0.4, -0.2) is 53.2 Å². The lowest BCUT2D eigenvalue weighted by molar-refractivity contribution is -0.137. The molecule has 3 rings (SSSR count). The highest BCUT2D eigenvalue weighted by Gasteiger charge is 2.40. The van der Waals surface area contributed by atoms with Crippen molar-refractivity contribution in [3.05, 3.63) is 65.5 Å². The molecule has 0 spiro atoms. The highest BCUT2D eigenvalue weighted by atomic mass is 19.4. The van der Waals surface area contributed by atoms with Gasteiger partial charge in [0.05, 0.1) is 29.6 Å². The van der Waals surface area contributed by atoms with Gasteiger partial charge < -0.3 is 15.3 Å². The van der Waals surface area contributed by atoms with Crippen LogP contribution in [0.2, 0.25) is 0 Å². The Morgan fingerprint density at radius 3 is 2.89 bits per heavy atom. The zero-order valence-corrected chi connectivity index (χ0v) is 15.2. The van der Waals surface area contributed by atoms with Gasteiger partial charge in [0.1, 0.15) is 0 Å². The van der Waals surface area contributed by atoms with E-state index in [4.69, 9.17) is 5.11 Å². The topological polar surface area (TPSA) is 55.8 Å². The minimum atomic E-state index is -4.38. The molecule has 28 heavy (non-hydrogen) atoms. The number of hydrogen-bond acceptors (Lipinski definition) is 3. The zero-order chi connectivity index (χ0) is 20.3. The Labute approximate surface area is 161 Å². The molecule has 2 saturated heterocycles. The molecule has 150 valence electrons. The number of piperazine rings is 1. The van der Waals surface area contributed by atoms with Crippen molar-refractivity contribution in [2.45, 2.75) is 18.6 Å². The van der Waals surface area contributed by atoms with E-state index < -0.39 is 11.7 Å². The van der Waals surface area contributed by atoms with Gasteiger partial charge >= 0.3 is 12.2 Å². The van der Waals surface area contributed by atoms with E-state index in [1.807, 2.05) is 0 Å². The molecule has 0 aliphatic carbocycles. The molecule has 0 aromatic heterocycles. The number of carbonyl (C=O) groups excluding carboxylic acids is 1. The van der Waals surface area contributed by atoms with Crippen LogP contribution in [0.25, 0.3) is 6.08 Å². The summed E-state index contributed by atoms with van der Waals surface area (Å²) in [5, 5.41) is 11.5. The summed E-state index contributed by atoms with van der Waals surface area (Å²) >= 11 is 0. The molecule has 2 bridgehead atoms. The summed E-state index contributed by atoms with van der Waals surface area (Å²) in [5.74, 6) is 0. The predicted molar refractivity (Wildman–Crippen MR) is 100 cm³/mol. The highest BCUT2D eigenvalue weighted by Crippen LogP contribution is 2.34. The molecule has 1 atom stereocenters. The van der Waals surface area contributed by atoms with Crippen molar-refractivity contribution < 1.29 is 23.1 Å². The van der Waals surface area contributed by atoms with Gasteiger partial charge in [-0.05, 0) is 30.2 Å². The molecule has 1 aromatic carbocycles.